The minimum absolute atomic E-state index is 0.147. The van der Waals surface area contributed by atoms with Gasteiger partial charge in [0, 0.05) is 19.6 Å². The maximum atomic E-state index is 6.08. The van der Waals surface area contributed by atoms with Crippen molar-refractivity contribution in [3.8, 4) is 0 Å². The van der Waals surface area contributed by atoms with Crippen molar-refractivity contribution in [2.24, 2.45) is 0 Å². The van der Waals surface area contributed by atoms with E-state index in [0.717, 1.165) is 49.6 Å². The zero-order valence-electron chi connectivity index (χ0n) is 12.3. The van der Waals surface area contributed by atoms with Gasteiger partial charge in [0.2, 0.25) is 5.95 Å². The second-order valence-electron chi connectivity index (χ2n) is 5.41. The number of likely N-dealkylation sites (N-methyl/N-ethyl adjacent to an activating group) is 1. The van der Waals surface area contributed by atoms with Crippen molar-refractivity contribution in [1.29, 1.82) is 0 Å². The second-order valence-corrected chi connectivity index (χ2v) is 5.41. The molecule has 0 saturated carbocycles. The van der Waals surface area contributed by atoms with E-state index in [9.17, 15) is 0 Å². The number of nitrogens with zero attached hydrogens (tertiary/aromatic N) is 5. The first kappa shape index (κ1) is 13.4. The second kappa shape index (κ2) is 5.06. The van der Waals surface area contributed by atoms with Gasteiger partial charge in [0.15, 0.2) is 5.65 Å². The first-order valence-corrected chi connectivity index (χ1v) is 7.09. The van der Waals surface area contributed by atoms with Crippen LogP contribution in [0.15, 0.2) is 0 Å². The SMILES string of the molecule is CCn1nc(C)c2nc(N)n(CC3CN(C)CCO3)c21. The monoisotopic (exact) mass is 278 g/mol. The van der Waals surface area contributed by atoms with Crippen LogP contribution in [-0.2, 0) is 17.8 Å². The summed E-state index contributed by atoms with van der Waals surface area (Å²) < 4.78 is 9.82. The van der Waals surface area contributed by atoms with E-state index in [2.05, 4.69) is 29.0 Å². The highest BCUT2D eigenvalue weighted by Gasteiger charge is 2.23. The molecule has 1 aliphatic heterocycles. The van der Waals surface area contributed by atoms with E-state index < -0.39 is 0 Å². The molecule has 3 rings (SSSR count). The molecule has 2 aromatic heterocycles. The summed E-state index contributed by atoms with van der Waals surface area (Å²) in [7, 11) is 2.11. The zero-order valence-corrected chi connectivity index (χ0v) is 12.3. The molecule has 7 nitrogen and oxygen atoms in total. The van der Waals surface area contributed by atoms with Crippen molar-refractivity contribution in [3.63, 3.8) is 0 Å². The van der Waals surface area contributed by atoms with E-state index in [4.69, 9.17) is 10.5 Å². The summed E-state index contributed by atoms with van der Waals surface area (Å²) in [6.07, 6.45) is 0.147. The first-order chi connectivity index (χ1) is 9.60. The van der Waals surface area contributed by atoms with Crippen molar-refractivity contribution in [2.45, 2.75) is 33.0 Å². The lowest BCUT2D eigenvalue weighted by Crippen LogP contribution is -2.42. The third kappa shape index (κ3) is 2.16. The normalized spacial score (nSPS) is 20.9. The molecule has 1 atom stereocenters. The molecule has 20 heavy (non-hydrogen) atoms. The van der Waals surface area contributed by atoms with E-state index >= 15 is 0 Å². The summed E-state index contributed by atoms with van der Waals surface area (Å²) in [5.41, 5.74) is 8.90. The maximum Gasteiger partial charge on any atom is 0.202 e. The number of nitrogens with two attached hydrogens (primary N) is 1. The highest BCUT2D eigenvalue weighted by atomic mass is 16.5. The standard InChI is InChI=1S/C13H22N6O/c1-4-19-12-11(9(2)16-19)15-13(14)18(12)8-10-7-17(3)5-6-20-10/h10H,4-8H2,1-3H3,(H2,14,15). The van der Waals surface area contributed by atoms with E-state index in [1.165, 1.54) is 0 Å². The molecule has 0 amide bonds. The molecular weight excluding hydrogens is 256 g/mol. The largest absolute Gasteiger partial charge is 0.374 e. The number of rotatable bonds is 3. The van der Waals surface area contributed by atoms with Crippen LogP contribution in [0.4, 0.5) is 5.95 Å². The minimum atomic E-state index is 0.147. The Morgan fingerprint density at radius 3 is 2.95 bits per heavy atom. The first-order valence-electron chi connectivity index (χ1n) is 7.09. The topological polar surface area (TPSA) is 74.1 Å². The van der Waals surface area contributed by atoms with Crippen molar-refractivity contribution in [3.05, 3.63) is 5.69 Å². The highest BCUT2D eigenvalue weighted by Crippen LogP contribution is 2.22. The fourth-order valence-corrected chi connectivity index (χ4v) is 2.82. The van der Waals surface area contributed by atoms with Gasteiger partial charge in [-0.15, -0.1) is 0 Å². The molecule has 7 heteroatoms. The molecule has 0 aromatic carbocycles. The summed E-state index contributed by atoms with van der Waals surface area (Å²) in [6, 6.07) is 0. The maximum absolute atomic E-state index is 6.08. The predicted molar refractivity (Wildman–Crippen MR) is 77.6 cm³/mol. The molecule has 0 radical (unpaired) electrons. The van der Waals surface area contributed by atoms with Gasteiger partial charge in [-0.25, -0.2) is 9.67 Å². The molecule has 3 heterocycles. The Hall–Kier alpha value is -1.60. The lowest BCUT2D eigenvalue weighted by atomic mass is 10.3. The Bertz CT molecular complexity index is 616. The van der Waals surface area contributed by atoms with E-state index in [0.29, 0.717) is 5.95 Å². The number of hydrogen-bond acceptors (Lipinski definition) is 5. The third-order valence-corrected chi connectivity index (χ3v) is 3.86. The number of morpholine rings is 1. The summed E-state index contributed by atoms with van der Waals surface area (Å²) in [5, 5.41) is 4.50. The van der Waals surface area contributed by atoms with Crippen LogP contribution >= 0.6 is 0 Å². The highest BCUT2D eigenvalue weighted by molar-refractivity contribution is 5.77. The summed E-state index contributed by atoms with van der Waals surface area (Å²) >= 11 is 0. The van der Waals surface area contributed by atoms with Crippen molar-refractivity contribution in [2.75, 3.05) is 32.5 Å². The molecule has 1 saturated heterocycles. The molecule has 1 aliphatic rings. The van der Waals surface area contributed by atoms with Crippen LogP contribution in [0.5, 0.6) is 0 Å². The van der Waals surface area contributed by atoms with Crippen LogP contribution in [0.1, 0.15) is 12.6 Å². The third-order valence-electron chi connectivity index (χ3n) is 3.86. The minimum Gasteiger partial charge on any atom is -0.374 e. The lowest BCUT2D eigenvalue weighted by molar-refractivity contribution is -0.0268. The average Bonchev–Trinajstić information content (AvgIpc) is 2.89. The number of anilines is 1. The van der Waals surface area contributed by atoms with Gasteiger partial charge in [-0.05, 0) is 20.9 Å². The molecular formula is C13H22N6O. The van der Waals surface area contributed by atoms with Gasteiger partial charge in [-0.1, -0.05) is 0 Å². The smallest absolute Gasteiger partial charge is 0.202 e. The Labute approximate surface area is 118 Å². The molecule has 1 fully saturated rings. The fourth-order valence-electron chi connectivity index (χ4n) is 2.82. The molecule has 110 valence electrons. The summed E-state index contributed by atoms with van der Waals surface area (Å²) in [6.45, 7) is 8.24. The number of imidazole rings is 1. The summed E-state index contributed by atoms with van der Waals surface area (Å²) in [5.74, 6) is 0.541. The van der Waals surface area contributed by atoms with Gasteiger partial charge in [0.05, 0.1) is 24.9 Å². The predicted octanol–water partition coefficient (Wildman–Crippen LogP) is 0.474. The zero-order chi connectivity index (χ0) is 14.3. The number of aryl methyl sites for hydroxylation is 2. The average molecular weight is 278 g/mol. The number of aromatic nitrogens is 4. The quantitative estimate of drug-likeness (QED) is 0.883. The van der Waals surface area contributed by atoms with Crippen LogP contribution in [0.3, 0.4) is 0 Å². The van der Waals surface area contributed by atoms with Crippen molar-refractivity contribution in [1.82, 2.24) is 24.2 Å². The van der Waals surface area contributed by atoms with E-state index in [1.54, 1.807) is 0 Å². The van der Waals surface area contributed by atoms with Gasteiger partial charge >= 0.3 is 0 Å². The van der Waals surface area contributed by atoms with Crippen molar-refractivity contribution >= 4 is 17.1 Å². The molecule has 1 unspecified atom stereocenters. The lowest BCUT2D eigenvalue weighted by Gasteiger charge is -2.30. The van der Waals surface area contributed by atoms with Gasteiger partial charge < -0.3 is 15.4 Å². The van der Waals surface area contributed by atoms with Gasteiger partial charge in [-0.2, -0.15) is 5.10 Å². The molecule has 0 aliphatic carbocycles. The number of nitrogen functional groups attached to an aromatic ring is 1. The van der Waals surface area contributed by atoms with E-state index in [1.807, 2.05) is 16.2 Å². The molecule has 2 N–H and O–H groups in total. The van der Waals surface area contributed by atoms with Gasteiger partial charge in [-0.3, -0.25) is 4.57 Å². The number of ether oxygens (including phenoxy) is 1. The Morgan fingerprint density at radius 1 is 1.45 bits per heavy atom. The van der Waals surface area contributed by atoms with Gasteiger partial charge in [0.1, 0.15) is 5.52 Å². The Balaban J connectivity index is 1.95. The van der Waals surface area contributed by atoms with Crippen LogP contribution in [0.25, 0.3) is 11.2 Å². The van der Waals surface area contributed by atoms with Crippen LogP contribution < -0.4 is 5.73 Å². The number of fused-ring (bicyclic) bond motifs is 1. The van der Waals surface area contributed by atoms with E-state index in [-0.39, 0.29) is 6.10 Å². The molecule has 0 bridgehead atoms. The Morgan fingerprint density at radius 2 is 2.25 bits per heavy atom. The fraction of sp³-hybridized carbons (Fsp3) is 0.692. The number of hydrogen-bond donors (Lipinski definition) is 1. The van der Waals surface area contributed by atoms with Crippen LogP contribution in [-0.4, -0.2) is 57.1 Å². The van der Waals surface area contributed by atoms with Crippen LogP contribution in [0, 0.1) is 6.92 Å². The molecule has 2 aromatic rings. The Kier molecular flexibility index (Phi) is 3.39. The van der Waals surface area contributed by atoms with Crippen LogP contribution in [0.2, 0.25) is 0 Å². The van der Waals surface area contributed by atoms with Crippen molar-refractivity contribution < 1.29 is 4.74 Å². The van der Waals surface area contributed by atoms with Gasteiger partial charge in [0.25, 0.3) is 0 Å². The summed E-state index contributed by atoms with van der Waals surface area (Å²) in [4.78, 5) is 6.73. The molecule has 0 spiro atoms.